The predicted octanol–water partition coefficient (Wildman–Crippen LogP) is 3.54. The van der Waals surface area contributed by atoms with Crippen LogP contribution in [0.4, 0.5) is 18.0 Å². The van der Waals surface area contributed by atoms with Gasteiger partial charge in [-0.15, -0.1) is 0 Å². The molecule has 1 aromatic carbocycles. The minimum Gasteiger partial charge on any atom is -0.449 e. The molecule has 2 nitrogen and oxygen atoms in total. The molecule has 0 fully saturated rings. The molecule has 0 saturated heterocycles. The zero-order chi connectivity index (χ0) is 11.5. The van der Waals surface area contributed by atoms with Gasteiger partial charge in [-0.05, 0) is 6.07 Å². The zero-order valence-corrected chi connectivity index (χ0v) is 8.19. The summed E-state index contributed by atoms with van der Waals surface area (Å²) in [7, 11) is 0. The third-order valence-electron chi connectivity index (χ3n) is 1.67. The molecular formula is C9H6F3O2S. The molecule has 0 bridgehead atoms. The minimum absolute atomic E-state index is 0.108. The SMILES string of the molecule is O=C([S])OCc1ccccc1C(F)(F)F. The molecule has 0 saturated carbocycles. The Morgan fingerprint density at radius 1 is 1.33 bits per heavy atom. The molecule has 6 heteroatoms. The number of rotatable bonds is 2. The molecule has 0 aromatic heterocycles. The van der Waals surface area contributed by atoms with E-state index in [4.69, 9.17) is 0 Å². The maximum Gasteiger partial charge on any atom is 0.416 e. The van der Waals surface area contributed by atoms with E-state index < -0.39 is 23.6 Å². The second kappa shape index (κ2) is 4.48. The molecule has 0 atom stereocenters. The van der Waals surface area contributed by atoms with E-state index in [9.17, 15) is 18.0 Å². The van der Waals surface area contributed by atoms with Crippen LogP contribution in [0, 0.1) is 0 Å². The van der Waals surface area contributed by atoms with Crippen LogP contribution < -0.4 is 0 Å². The van der Waals surface area contributed by atoms with Crippen molar-refractivity contribution in [1.29, 1.82) is 0 Å². The van der Waals surface area contributed by atoms with Crippen molar-refractivity contribution >= 4 is 17.9 Å². The highest BCUT2D eigenvalue weighted by molar-refractivity contribution is 7.96. The summed E-state index contributed by atoms with van der Waals surface area (Å²) in [5.41, 5.74) is -0.926. The van der Waals surface area contributed by atoms with Crippen LogP contribution >= 0.6 is 12.6 Å². The van der Waals surface area contributed by atoms with E-state index in [-0.39, 0.29) is 5.56 Å². The average molecular weight is 235 g/mol. The first-order chi connectivity index (χ1) is 6.91. The quantitative estimate of drug-likeness (QED) is 0.733. The van der Waals surface area contributed by atoms with Crippen LogP contribution in [0.25, 0.3) is 0 Å². The van der Waals surface area contributed by atoms with Gasteiger partial charge in [-0.2, -0.15) is 13.2 Å². The Bertz CT molecular complexity index is 363. The van der Waals surface area contributed by atoms with Crippen LogP contribution in [-0.4, -0.2) is 5.30 Å². The van der Waals surface area contributed by atoms with E-state index in [1.807, 2.05) is 0 Å². The van der Waals surface area contributed by atoms with Gasteiger partial charge in [0.15, 0.2) is 0 Å². The summed E-state index contributed by atoms with van der Waals surface area (Å²) in [5, 5.41) is -1.02. The fourth-order valence-electron chi connectivity index (χ4n) is 1.06. The van der Waals surface area contributed by atoms with Gasteiger partial charge in [0, 0.05) is 18.2 Å². The minimum atomic E-state index is -4.45. The van der Waals surface area contributed by atoms with Gasteiger partial charge in [-0.1, -0.05) is 18.2 Å². The maximum absolute atomic E-state index is 12.4. The summed E-state index contributed by atoms with van der Waals surface area (Å²) in [4.78, 5) is 10.3. The van der Waals surface area contributed by atoms with Crippen molar-refractivity contribution in [3.05, 3.63) is 35.4 Å². The Balaban J connectivity index is 2.92. The summed E-state index contributed by atoms with van der Waals surface area (Å²) in [6.07, 6.45) is -4.45. The molecule has 81 valence electrons. The van der Waals surface area contributed by atoms with Crippen LogP contribution in [0.2, 0.25) is 0 Å². The number of carbonyl (C=O) groups is 1. The highest BCUT2D eigenvalue weighted by atomic mass is 32.1. The first-order valence-electron chi connectivity index (χ1n) is 3.90. The van der Waals surface area contributed by atoms with Gasteiger partial charge < -0.3 is 4.74 Å². The van der Waals surface area contributed by atoms with Crippen molar-refractivity contribution in [2.24, 2.45) is 0 Å². The number of hydrogen-bond donors (Lipinski definition) is 0. The Morgan fingerprint density at radius 3 is 2.47 bits per heavy atom. The normalized spacial score (nSPS) is 11.1. The average Bonchev–Trinajstić information content (AvgIpc) is 2.13. The molecule has 0 aliphatic carbocycles. The van der Waals surface area contributed by atoms with Crippen LogP contribution in [0.15, 0.2) is 24.3 Å². The maximum atomic E-state index is 12.4. The number of carbonyl (C=O) groups excluding carboxylic acids is 1. The molecule has 0 heterocycles. The lowest BCUT2D eigenvalue weighted by atomic mass is 10.1. The molecule has 0 N–H and O–H groups in total. The van der Waals surface area contributed by atoms with Gasteiger partial charge in [0.05, 0.1) is 5.56 Å². The summed E-state index contributed by atoms with van der Waals surface area (Å²) in [5.74, 6) is 0. The molecular weight excluding hydrogens is 229 g/mol. The molecule has 0 spiro atoms. The smallest absolute Gasteiger partial charge is 0.416 e. The molecule has 0 aliphatic heterocycles. The molecule has 15 heavy (non-hydrogen) atoms. The first-order valence-corrected chi connectivity index (χ1v) is 4.31. The third kappa shape index (κ3) is 3.39. The van der Waals surface area contributed by atoms with Crippen LogP contribution in [0.3, 0.4) is 0 Å². The Labute approximate surface area is 89.5 Å². The topological polar surface area (TPSA) is 26.3 Å². The first kappa shape index (κ1) is 11.8. The van der Waals surface area contributed by atoms with E-state index in [2.05, 4.69) is 17.4 Å². The Kier molecular flexibility index (Phi) is 3.52. The second-order valence-corrected chi connectivity index (χ2v) is 3.03. The Hall–Kier alpha value is -1.30. The van der Waals surface area contributed by atoms with Crippen molar-refractivity contribution in [2.45, 2.75) is 12.8 Å². The largest absolute Gasteiger partial charge is 0.449 e. The number of halogens is 3. The highest BCUT2D eigenvalue weighted by Gasteiger charge is 2.32. The monoisotopic (exact) mass is 235 g/mol. The summed E-state index contributed by atoms with van der Waals surface area (Å²) in [6, 6.07) is 4.86. The number of alkyl halides is 3. The Morgan fingerprint density at radius 2 is 1.93 bits per heavy atom. The van der Waals surface area contributed by atoms with Crippen molar-refractivity contribution in [3.63, 3.8) is 0 Å². The third-order valence-corrected chi connectivity index (χ3v) is 1.79. The van der Waals surface area contributed by atoms with E-state index in [1.54, 1.807) is 0 Å². The molecule has 1 rings (SSSR count). The predicted molar refractivity (Wildman–Crippen MR) is 49.2 cm³/mol. The fraction of sp³-hybridized carbons (Fsp3) is 0.222. The van der Waals surface area contributed by atoms with E-state index in [0.717, 1.165) is 6.07 Å². The fourth-order valence-corrected chi connectivity index (χ4v) is 1.12. The van der Waals surface area contributed by atoms with E-state index >= 15 is 0 Å². The van der Waals surface area contributed by atoms with Crippen molar-refractivity contribution < 1.29 is 22.7 Å². The van der Waals surface area contributed by atoms with Gasteiger partial charge in [0.2, 0.25) is 0 Å². The van der Waals surface area contributed by atoms with Gasteiger partial charge in [0.1, 0.15) is 6.61 Å². The molecule has 1 radical (unpaired) electrons. The van der Waals surface area contributed by atoms with E-state index in [1.165, 1.54) is 18.2 Å². The number of benzene rings is 1. The van der Waals surface area contributed by atoms with Crippen molar-refractivity contribution in [1.82, 2.24) is 0 Å². The van der Waals surface area contributed by atoms with Crippen molar-refractivity contribution in [2.75, 3.05) is 0 Å². The summed E-state index contributed by atoms with van der Waals surface area (Å²) >= 11 is 4.07. The van der Waals surface area contributed by atoms with Crippen LogP contribution in [0.5, 0.6) is 0 Å². The lowest BCUT2D eigenvalue weighted by molar-refractivity contribution is -0.138. The number of ether oxygens (including phenoxy) is 1. The molecule has 0 amide bonds. The lowest BCUT2D eigenvalue weighted by Gasteiger charge is -2.11. The molecule has 1 aromatic rings. The summed E-state index contributed by atoms with van der Waals surface area (Å²) < 4.78 is 41.6. The lowest BCUT2D eigenvalue weighted by Crippen LogP contribution is -2.10. The second-order valence-electron chi connectivity index (χ2n) is 2.69. The van der Waals surface area contributed by atoms with Gasteiger partial charge in [-0.3, -0.25) is 0 Å². The van der Waals surface area contributed by atoms with Crippen LogP contribution in [0.1, 0.15) is 11.1 Å². The number of hydrogen-bond acceptors (Lipinski definition) is 2. The van der Waals surface area contributed by atoms with Gasteiger partial charge >= 0.3 is 11.5 Å². The standard InChI is InChI=1S/C9H6F3O2S/c10-9(11,12)7-4-2-1-3-6(7)5-14-8(13)15/h1-4H,5H2. The molecule has 0 unspecified atom stereocenters. The highest BCUT2D eigenvalue weighted by Crippen LogP contribution is 2.32. The summed E-state index contributed by atoms with van der Waals surface area (Å²) in [6.45, 7) is -0.460. The molecule has 0 aliphatic rings. The van der Waals surface area contributed by atoms with E-state index in [0.29, 0.717) is 0 Å². The van der Waals surface area contributed by atoms with Gasteiger partial charge in [-0.25, -0.2) is 4.79 Å². The van der Waals surface area contributed by atoms with Crippen LogP contribution in [-0.2, 0) is 17.5 Å². The van der Waals surface area contributed by atoms with Crippen molar-refractivity contribution in [3.8, 4) is 0 Å². The zero-order valence-electron chi connectivity index (χ0n) is 7.38. The van der Waals surface area contributed by atoms with Gasteiger partial charge in [0.25, 0.3) is 0 Å².